The average molecular weight is 662 g/mol. The monoisotopic (exact) mass is 661 g/mol. The summed E-state index contributed by atoms with van der Waals surface area (Å²) in [4.78, 5) is 40.3. The van der Waals surface area contributed by atoms with Crippen molar-refractivity contribution in [1.29, 1.82) is 0 Å². The zero-order valence-corrected chi connectivity index (χ0v) is 25.4. The van der Waals surface area contributed by atoms with Crippen LogP contribution < -0.4 is 25.4 Å². The van der Waals surface area contributed by atoms with Gasteiger partial charge < -0.3 is 24.7 Å². The third kappa shape index (κ3) is 7.66. The second kappa shape index (κ2) is 13.1. The number of amides is 4. The molecule has 240 valence electrons. The maximum atomic E-state index is 12.8. The summed E-state index contributed by atoms with van der Waals surface area (Å²) in [5, 5.41) is 6.68. The van der Waals surface area contributed by atoms with Crippen molar-refractivity contribution in [2.45, 2.75) is 24.5 Å². The molecule has 4 amide bonds. The smallest absolute Gasteiger partial charge is 0.416 e. The van der Waals surface area contributed by atoms with E-state index in [1.54, 1.807) is 30.3 Å². The van der Waals surface area contributed by atoms with Crippen LogP contribution in [0.4, 0.5) is 34.1 Å². The van der Waals surface area contributed by atoms with E-state index < -0.39 is 23.0 Å². The van der Waals surface area contributed by atoms with Crippen molar-refractivity contribution < 1.29 is 37.0 Å². The Balaban J connectivity index is 1.05. The molecule has 4 aromatic carbocycles. The standard InChI is InChI=1S/C33H26F3N5O5S/c1-41-27-17-25(46-24-4-2-3-22(16-24)38-31(43)37-21-9-7-20(8-10-21)33(34,35)36)13-14-26(27)39-29(41)18-45-23-11-5-19(6-12-23)15-28-30(42)40-32(44)47-28/h2-14,16-17,28H,15,18H2,1H3,(H2,37,38,43)(H,40,42,44). The Morgan fingerprint density at radius 2 is 1.62 bits per heavy atom. The van der Waals surface area contributed by atoms with Gasteiger partial charge in [-0.3, -0.25) is 14.9 Å². The van der Waals surface area contributed by atoms with Crippen LogP contribution >= 0.6 is 11.8 Å². The number of thioether (sulfide) groups is 1. The lowest BCUT2D eigenvalue weighted by atomic mass is 10.1. The van der Waals surface area contributed by atoms with E-state index in [0.29, 0.717) is 35.2 Å². The number of rotatable bonds is 9. The fourth-order valence-electron chi connectivity index (χ4n) is 4.83. The van der Waals surface area contributed by atoms with Gasteiger partial charge in [0, 0.05) is 30.6 Å². The highest BCUT2D eigenvalue weighted by Crippen LogP contribution is 2.31. The molecule has 1 fully saturated rings. The third-order valence-corrected chi connectivity index (χ3v) is 8.20. The molecule has 0 aliphatic carbocycles. The Morgan fingerprint density at radius 3 is 2.32 bits per heavy atom. The lowest BCUT2D eigenvalue weighted by Crippen LogP contribution is -2.25. The molecule has 0 spiro atoms. The SMILES string of the molecule is Cn1c(COc2ccc(CC3SC(=O)NC3=O)cc2)nc2ccc(Oc3cccc(NC(=O)Nc4ccc(C(F)(F)F)cc4)c3)cc21. The van der Waals surface area contributed by atoms with Crippen molar-refractivity contribution >= 4 is 51.3 Å². The van der Waals surface area contributed by atoms with Crippen LogP contribution in [0.1, 0.15) is 17.0 Å². The lowest BCUT2D eigenvalue weighted by Gasteiger charge is -2.11. The van der Waals surface area contributed by atoms with E-state index in [9.17, 15) is 27.6 Å². The number of hydrogen-bond acceptors (Lipinski definition) is 7. The molecular formula is C33H26F3N5O5S. The summed E-state index contributed by atoms with van der Waals surface area (Å²) in [5.41, 5.74) is 2.28. The molecule has 1 atom stereocenters. The molecule has 0 radical (unpaired) electrons. The quantitative estimate of drug-likeness (QED) is 0.149. The number of alkyl halides is 3. The molecule has 1 aromatic heterocycles. The van der Waals surface area contributed by atoms with Crippen LogP contribution in [-0.2, 0) is 31.0 Å². The number of aryl methyl sites for hydroxylation is 1. The Bertz CT molecular complexity index is 1960. The fourth-order valence-corrected chi connectivity index (χ4v) is 5.69. The first-order chi connectivity index (χ1) is 22.5. The Morgan fingerprint density at radius 1 is 0.915 bits per heavy atom. The van der Waals surface area contributed by atoms with Gasteiger partial charge in [-0.15, -0.1) is 0 Å². The van der Waals surface area contributed by atoms with Crippen LogP contribution in [0.25, 0.3) is 11.0 Å². The third-order valence-electron chi connectivity index (χ3n) is 7.22. The first-order valence-electron chi connectivity index (χ1n) is 14.2. The van der Waals surface area contributed by atoms with E-state index in [2.05, 4.69) is 20.9 Å². The molecule has 5 aromatic rings. The van der Waals surface area contributed by atoms with Crippen LogP contribution in [0.15, 0.2) is 91.0 Å². The van der Waals surface area contributed by atoms with Crippen molar-refractivity contribution in [3.63, 3.8) is 0 Å². The van der Waals surface area contributed by atoms with E-state index in [1.807, 2.05) is 48.0 Å². The fraction of sp³-hybridized carbons (Fsp3) is 0.152. The Hall–Kier alpha value is -5.50. The first-order valence-corrected chi connectivity index (χ1v) is 15.1. The number of carbonyl (C=O) groups is 3. The normalized spacial score (nSPS) is 14.6. The van der Waals surface area contributed by atoms with Gasteiger partial charge in [-0.1, -0.05) is 30.0 Å². The van der Waals surface area contributed by atoms with Crippen LogP contribution in [0.5, 0.6) is 17.2 Å². The van der Waals surface area contributed by atoms with Crippen LogP contribution in [0, 0.1) is 0 Å². The number of hydrogen-bond donors (Lipinski definition) is 3. The Labute approximate surface area is 270 Å². The molecule has 1 aliphatic heterocycles. The molecule has 1 saturated heterocycles. The number of aromatic nitrogens is 2. The van der Waals surface area contributed by atoms with Gasteiger partial charge in [-0.25, -0.2) is 9.78 Å². The molecular weight excluding hydrogens is 635 g/mol. The van der Waals surface area contributed by atoms with E-state index in [-0.39, 0.29) is 23.4 Å². The average Bonchev–Trinajstić information content (AvgIpc) is 3.52. The number of ether oxygens (including phenoxy) is 2. The lowest BCUT2D eigenvalue weighted by molar-refractivity contribution is -0.137. The van der Waals surface area contributed by atoms with Crippen LogP contribution in [0.3, 0.4) is 0 Å². The van der Waals surface area contributed by atoms with Crippen LogP contribution in [-0.4, -0.2) is 32.0 Å². The topological polar surface area (TPSA) is 124 Å². The highest BCUT2D eigenvalue weighted by Gasteiger charge is 2.31. The summed E-state index contributed by atoms with van der Waals surface area (Å²) >= 11 is 0.995. The van der Waals surface area contributed by atoms with Crippen molar-refractivity contribution in [3.8, 4) is 17.2 Å². The van der Waals surface area contributed by atoms with Crippen LogP contribution in [0.2, 0.25) is 0 Å². The van der Waals surface area contributed by atoms with E-state index in [4.69, 9.17) is 9.47 Å². The predicted molar refractivity (Wildman–Crippen MR) is 171 cm³/mol. The molecule has 10 nitrogen and oxygen atoms in total. The van der Waals surface area contributed by atoms with Gasteiger partial charge in [0.15, 0.2) is 0 Å². The van der Waals surface area contributed by atoms with Crippen molar-refractivity contribution in [2.24, 2.45) is 7.05 Å². The molecule has 14 heteroatoms. The highest BCUT2D eigenvalue weighted by molar-refractivity contribution is 8.15. The minimum absolute atomic E-state index is 0.207. The highest BCUT2D eigenvalue weighted by atomic mass is 32.2. The molecule has 47 heavy (non-hydrogen) atoms. The molecule has 1 unspecified atom stereocenters. The number of anilines is 2. The predicted octanol–water partition coefficient (Wildman–Crippen LogP) is 7.50. The van der Waals surface area contributed by atoms with E-state index >= 15 is 0 Å². The molecule has 6 rings (SSSR count). The number of halogens is 3. The minimum Gasteiger partial charge on any atom is -0.486 e. The largest absolute Gasteiger partial charge is 0.486 e. The summed E-state index contributed by atoms with van der Waals surface area (Å²) in [6, 6.07) is 23.0. The summed E-state index contributed by atoms with van der Waals surface area (Å²) in [5.74, 6) is 2.02. The van der Waals surface area contributed by atoms with Gasteiger partial charge in [0.25, 0.3) is 5.24 Å². The minimum atomic E-state index is -4.46. The second-order valence-electron chi connectivity index (χ2n) is 10.5. The molecule has 3 N–H and O–H groups in total. The van der Waals surface area contributed by atoms with Gasteiger partial charge in [0.2, 0.25) is 5.91 Å². The summed E-state index contributed by atoms with van der Waals surface area (Å²) < 4.78 is 52.2. The summed E-state index contributed by atoms with van der Waals surface area (Å²) in [6.07, 6.45) is -4.02. The van der Waals surface area contributed by atoms with Gasteiger partial charge in [0.05, 0.1) is 21.8 Å². The molecule has 1 aliphatic rings. The molecule has 2 heterocycles. The van der Waals surface area contributed by atoms with Gasteiger partial charge >= 0.3 is 12.2 Å². The summed E-state index contributed by atoms with van der Waals surface area (Å²) in [6.45, 7) is 0.207. The molecule has 0 bridgehead atoms. The second-order valence-corrected chi connectivity index (χ2v) is 11.7. The molecule has 0 saturated carbocycles. The number of imidazole rings is 1. The zero-order chi connectivity index (χ0) is 33.1. The number of benzene rings is 4. The zero-order valence-electron chi connectivity index (χ0n) is 24.6. The van der Waals surface area contributed by atoms with Crippen molar-refractivity contribution in [3.05, 3.63) is 108 Å². The maximum Gasteiger partial charge on any atom is 0.416 e. The van der Waals surface area contributed by atoms with Gasteiger partial charge in [-0.05, 0) is 72.6 Å². The first kappa shape index (κ1) is 31.5. The maximum absolute atomic E-state index is 12.8. The van der Waals surface area contributed by atoms with E-state index in [1.165, 1.54) is 12.1 Å². The van der Waals surface area contributed by atoms with Gasteiger partial charge in [0.1, 0.15) is 29.7 Å². The van der Waals surface area contributed by atoms with Crippen molar-refractivity contribution in [1.82, 2.24) is 14.9 Å². The van der Waals surface area contributed by atoms with E-state index in [0.717, 1.165) is 40.5 Å². The number of nitrogens with one attached hydrogen (secondary N) is 3. The van der Waals surface area contributed by atoms with Crippen molar-refractivity contribution in [2.75, 3.05) is 10.6 Å². The summed E-state index contributed by atoms with van der Waals surface area (Å²) in [7, 11) is 1.87. The number of fused-ring (bicyclic) bond motifs is 1. The number of nitrogens with zero attached hydrogens (tertiary/aromatic N) is 2. The number of carbonyl (C=O) groups excluding carboxylic acids is 3. The number of urea groups is 1. The number of imide groups is 1. The Kier molecular flexibility index (Phi) is 8.76. The van der Waals surface area contributed by atoms with Gasteiger partial charge in [-0.2, -0.15) is 13.2 Å².